The van der Waals surface area contributed by atoms with Crippen molar-refractivity contribution in [2.75, 3.05) is 0 Å². The first-order chi connectivity index (χ1) is 16.7. The zero-order valence-electron chi connectivity index (χ0n) is 19.5. The number of nitrogens with one attached hydrogen (secondary N) is 1. The molecule has 1 aliphatic rings. The Morgan fingerprint density at radius 2 is 1.91 bits per heavy atom. The third-order valence-corrected chi connectivity index (χ3v) is 8.75. The molecule has 5 rings (SSSR count). The highest BCUT2D eigenvalue weighted by molar-refractivity contribution is 7.90. The van der Waals surface area contributed by atoms with Gasteiger partial charge >= 0.3 is 0 Å². The molecule has 0 spiro atoms. The van der Waals surface area contributed by atoms with E-state index >= 15 is 0 Å². The van der Waals surface area contributed by atoms with E-state index in [1.807, 2.05) is 19.9 Å². The number of nitrogens with zero attached hydrogens (tertiary/aromatic N) is 4. The molecule has 1 fully saturated rings. The molecule has 0 radical (unpaired) electrons. The Balaban J connectivity index is 1.58. The van der Waals surface area contributed by atoms with Gasteiger partial charge in [-0.25, -0.2) is 12.4 Å². The van der Waals surface area contributed by atoms with Crippen LogP contribution >= 0.6 is 11.6 Å². The van der Waals surface area contributed by atoms with Crippen LogP contribution in [0.25, 0.3) is 10.9 Å². The maximum Gasteiger partial charge on any atom is 0.268 e. The number of hydrogen-bond donors (Lipinski definition) is 1. The number of hydrogen-bond acceptors (Lipinski definition) is 5. The number of aromatic nitrogens is 4. The Kier molecular flexibility index (Phi) is 5.93. The number of halogens is 1. The summed E-state index contributed by atoms with van der Waals surface area (Å²) in [5, 5.41) is 12.0. The summed E-state index contributed by atoms with van der Waals surface area (Å²) in [5.74, 6) is -0.0615. The van der Waals surface area contributed by atoms with E-state index in [0.29, 0.717) is 34.6 Å². The van der Waals surface area contributed by atoms with Crippen LogP contribution in [0, 0.1) is 12.3 Å². The van der Waals surface area contributed by atoms with Crippen LogP contribution in [0.15, 0.2) is 59.8 Å². The molecule has 0 bridgehead atoms. The molecule has 10 heteroatoms. The molecule has 0 atom stereocenters. The SMILES string of the molecule is Cc1ccc(S(=O)(=O)n2c(CNC(=O)C3(C)CC3)cc3cc(Cl)c(CCn4ccnn4)cc32)cc1. The number of aryl methyl sites for hydroxylation is 3. The summed E-state index contributed by atoms with van der Waals surface area (Å²) in [6.07, 6.45) is 5.60. The van der Waals surface area contributed by atoms with E-state index in [2.05, 4.69) is 15.6 Å². The van der Waals surface area contributed by atoms with E-state index in [1.165, 1.54) is 3.97 Å². The molecule has 2 heterocycles. The molecule has 0 saturated heterocycles. The molecule has 182 valence electrons. The van der Waals surface area contributed by atoms with Gasteiger partial charge < -0.3 is 5.32 Å². The zero-order valence-corrected chi connectivity index (χ0v) is 21.1. The fourth-order valence-corrected chi connectivity index (χ4v) is 5.90. The van der Waals surface area contributed by atoms with Gasteiger partial charge in [-0.1, -0.05) is 41.4 Å². The number of rotatable bonds is 8. The van der Waals surface area contributed by atoms with Crippen LogP contribution in [-0.4, -0.2) is 33.3 Å². The van der Waals surface area contributed by atoms with E-state index in [1.54, 1.807) is 53.5 Å². The monoisotopic (exact) mass is 511 g/mol. The largest absolute Gasteiger partial charge is 0.350 e. The lowest BCUT2D eigenvalue weighted by molar-refractivity contribution is -0.125. The van der Waals surface area contributed by atoms with Crippen molar-refractivity contribution in [2.24, 2.45) is 5.41 Å². The predicted molar refractivity (Wildman–Crippen MR) is 134 cm³/mol. The topological polar surface area (TPSA) is 98.9 Å². The summed E-state index contributed by atoms with van der Waals surface area (Å²) in [6.45, 7) is 4.48. The smallest absolute Gasteiger partial charge is 0.268 e. The first kappa shape index (κ1) is 23.6. The van der Waals surface area contributed by atoms with Crippen LogP contribution in [0.5, 0.6) is 0 Å². The Bertz CT molecular complexity index is 1500. The van der Waals surface area contributed by atoms with Gasteiger partial charge in [0.25, 0.3) is 10.0 Å². The number of benzene rings is 2. The van der Waals surface area contributed by atoms with E-state index in [9.17, 15) is 13.2 Å². The van der Waals surface area contributed by atoms with Crippen LogP contribution in [0.2, 0.25) is 5.02 Å². The van der Waals surface area contributed by atoms with Crippen molar-refractivity contribution >= 4 is 38.4 Å². The van der Waals surface area contributed by atoms with Gasteiger partial charge in [0.15, 0.2) is 0 Å². The van der Waals surface area contributed by atoms with Crippen LogP contribution in [0.1, 0.15) is 36.6 Å². The molecule has 4 aromatic rings. The predicted octanol–water partition coefficient (Wildman–Crippen LogP) is 4.09. The summed E-state index contributed by atoms with van der Waals surface area (Å²) >= 11 is 6.58. The molecular formula is C25H26ClN5O3S. The molecule has 2 aromatic heterocycles. The van der Waals surface area contributed by atoms with Crippen LogP contribution < -0.4 is 5.32 Å². The number of carbonyl (C=O) groups is 1. The molecule has 35 heavy (non-hydrogen) atoms. The number of carbonyl (C=O) groups excluding carboxylic acids is 1. The van der Waals surface area contributed by atoms with Crippen molar-refractivity contribution in [3.63, 3.8) is 0 Å². The lowest BCUT2D eigenvalue weighted by Gasteiger charge is -2.15. The van der Waals surface area contributed by atoms with Gasteiger partial charge in [0.1, 0.15) is 0 Å². The van der Waals surface area contributed by atoms with Gasteiger partial charge in [0.2, 0.25) is 5.91 Å². The first-order valence-corrected chi connectivity index (χ1v) is 13.3. The highest BCUT2D eigenvalue weighted by Crippen LogP contribution is 2.45. The van der Waals surface area contributed by atoms with Gasteiger partial charge in [-0.15, -0.1) is 5.10 Å². The average Bonchev–Trinajstić information content (AvgIpc) is 3.21. The van der Waals surface area contributed by atoms with Crippen molar-refractivity contribution < 1.29 is 13.2 Å². The molecule has 1 saturated carbocycles. The molecule has 1 N–H and O–H groups in total. The number of amides is 1. The fraction of sp³-hybridized carbons (Fsp3) is 0.320. The molecule has 0 unspecified atom stereocenters. The maximum absolute atomic E-state index is 13.8. The minimum Gasteiger partial charge on any atom is -0.350 e. The third-order valence-electron chi connectivity index (χ3n) is 6.62. The maximum atomic E-state index is 13.8. The third kappa shape index (κ3) is 4.58. The Morgan fingerprint density at radius 3 is 2.57 bits per heavy atom. The summed E-state index contributed by atoms with van der Waals surface area (Å²) in [7, 11) is -3.93. The second-order valence-corrected chi connectivity index (χ2v) is 11.6. The van der Waals surface area contributed by atoms with Gasteiger partial charge in [-0.3, -0.25) is 9.48 Å². The van der Waals surface area contributed by atoms with Gasteiger partial charge in [-0.05, 0) is 62.1 Å². The molecule has 0 aliphatic heterocycles. The van der Waals surface area contributed by atoms with E-state index in [4.69, 9.17) is 11.6 Å². The van der Waals surface area contributed by atoms with E-state index in [0.717, 1.165) is 24.0 Å². The summed E-state index contributed by atoms with van der Waals surface area (Å²) < 4.78 is 30.7. The lowest BCUT2D eigenvalue weighted by Crippen LogP contribution is -2.31. The molecule has 8 nitrogen and oxygen atoms in total. The summed E-state index contributed by atoms with van der Waals surface area (Å²) in [5.41, 5.74) is 2.40. The van der Waals surface area contributed by atoms with Gasteiger partial charge in [-0.2, -0.15) is 0 Å². The van der Waals surface area contributed by atoms with Crippen molar-refractivity contribution in [3.05, 3.63) is 76.7 Å². The normalized spacial score (nSPS) is 14.8. The summed E-state index contributed by atoms with van der Waals surface area (Å²) in [6, 6.07) is 12.1. The standard InChI is InChI=1S/C25H26ClN5O3S/c1-17-3-5-21(6-4-17)35(33,34)31-20(16-27-24(32)25(2)8-9-25)13-19-14-22(26)18(15-23(19)31)7-11-30-12-10-28-29-30/h3-6,10,12-15H,7-9,11,16H2,1-2H3,(H,27,32). The molecular weight excluding hydrogens is 486 g/mol. The van der Waals surface area contributed by atoms with Crippen LogP contribution in [-0.2, 0) is 34.3 Å². The van der Waals surface area contributed by atoms with Gasteiger partial charge in [0, 0.05) is 28.6 Å². The van der Waals surface area contributed by atoms with Crippen LogP contribution in [0.4, 0.5) is 0 Å². The second kappa shape index (κ2) is 8.80. The number of fused-ring (bicyclic) bond motifs is 1. The Labute approximate surface area is 208 Å². The zero-order chi connectivity index (χ0) is 24.8. The van der Waals surface area contributed by atoms with Crippen molar-refractivity contribution in [1.29, 1.82) is 0 Å². The average molecular weight is 512 g/mol. The molecule has 2 aromatic carbocycles. The quantitative estimate of drug-likeness (QED) is 0.384. The summed E-state index contributed by atoms with van der Waals surface area (Å²) in [4.78, 5) is 12.8. The first-order valence-electron chi connectivity index (χ1n) is 11.4. The highest BCUT2D eigenvalue weighted by Gasteiger charge is 2.44. The lowest BCUT2D eigenvalue weighted by atomic mass is 10.1. The Hall–Kier alpha value is -3.17. The minimum atomic E-state index is -3.93. The minimum absolute atomic E-state index is 0.0615. The van der Waals surface area contributed by atoms with Crippen molar-refractivity contribution in [2.45, 2.75) is 51.1 Å². The van der Waals surface area contributed by atoms with E-state index < -0.39 is 10.0 Å². The molecule has 1 amide bonds. The highest BCUT2D eigenvalue weighted by atomic mass is 35.5. The van der Waals surface area contributed by atoms with E-state index in [-0.39, 0.29) is 22.8 Å². The van der Waals surface area contributed by atoms with Gasteiger partial charge in [0.05, 0.1) is 28.8 Å². The Morgan fingerprint density at radius 1 is 1.17 bits per heavy atom. The van der Waals surface area contributed by atoms with Crippen LogP contribution in [0.3, 0.4) is 0 Å². The van der Waals surface area contributed by atoms with Crippen molar-refractivity contribution in [3.8, 4) is 0 Å². The fourth-order valence-electron chi connectivity index (χ4n) is 4.10. The molecule has 1 aliphatic carbocycles. The van der Waals surface area contributed by atoms with Crippen molar-refractivity contribution in [1.82, 2.24) is 24.3 Å². The second-order valence-electron chi connectivity index (χ2n) is 9.38.